The maximum atomic E-state index is 13.7. The Hall–Kier alpha value is -1.46. The summed E-state index contributed by atoms with van der Waals surface area (Å²) in [7, 11) is 4.19. The van der Waals surface area contributed by atoms with Crippen molar-refractivity contribution in [2.75, 3.05) is 40.3 Å². The molecule has 2 rings (SSSR count). The van der Waals surface area contributed by atoms with Gasteiger partial charge in [0.1, 0.15) is 5.82 Å². The van der Waals surface area contributed by atoms with Gasteiger partial charge in [-0.25, -0.2) is 4.39 Å². The van der Waals surface area contributed by atoms with E-state index >= 15 is 0 Å². The Morgan fingerprint density at radius 2 is 1.84 bits per heavy atom. The highest BCUT2D eigenvalue weighted by Gasteiger charge is 2.31. The van der Waals surface area contributed by atoms with Crippen LogP contribution in [0.4, 0.5) is 4.39 Å². The third-order valence-electron chi connectivity index (χ3n) is 5.04. The van der Waals surface area contributed by atoms with Crippen molar-refractivity contribution < 1.29 is 9.18 Å². The second kappa shape index (κ2) is 9.30. The average molecular weight is 349 g/mol. The predicted molar refractivity (Wildman–Crippen MR) is 100 cm³/mol. The maximum absolute atomic E-state index is 13.7. The van der Waals surface area contributed by atoms with E-state index in [1.807, 2.05) is 11.0 Å². The van der Waals surface area contributed by atoms with Crippen LogP contribution in [0.25, 0.3) is 0 Å². The third kappa shape index (κ3) is 5.79. The molecule has 2 unspecified atom stereocenters. The normalized spacial score (nSPS) is 21.8. The molecule has 0 saturated carbocycles. The molecule has 0 aliphatic carbocycles. The number of halogens is 1. The number of nitrogens with zero attached hydrogens (tertiary/aromatic N) is 3. The number of aryl methyl sites for hydroxylation is 1. The molecule has 1 aliphatic heterocycles. The van der Waals surface area contributed by atoms with E-state index in [4.69, 9.17) is 0 Å². The highest BCUT2D eigenvalue weighted by molar-refractivity contribution is 5.76. The number of carbonyl (C=O) groups is 1. The number of carbonyl (C=O) groups excluding carboxylic acids is 1. The molecule has 0 aromatic heterocycles. The minimum Gasteiger partial charge on any atom is -0.340 e. The lowest BCUT2D eigenvalue weighted by Gasteiger charge is -2.44. The highest BCUT2D eigenvalue weighted by atomic mass is 19.1. The predicted octanol–water partition coefficient (Wildman–Crippen LogP) is 2.63. The number of hydrogen-bond acceptors (Lipinski definition) is 3. The van der Waals surface area contributed by atoms with Gasteiger partial charge in [-0.15, -0.1) is 0 Å². The van der Waals surface area contributed by atoms with Gasteiger partial charge in [-0.2, -0.15) is 0 Å². The van der Waals surface area contributed by atoms with E-state index in [2.05, 4.69) is 37.7 Å². The Bertz CT molecular complexity index is 552. The van der Waals surface area contributed by atoms with Crippen molar-refractivity contribution in [3.8, 4) is 0 Å². The molecule has 1 aliphatic rings. The summed E-state index contributed by atoms with van der Waals surface area (Å²) in [5.74, 6) is -0.0855. The van der Waals surface area contributed by atoms with Crippen molar-refractivity contribution in [1.82, 2.24) is 14.7 Å². The molecule has 5 heteroatoms. The third-order valence-corrected chi connectivity index (χ3v) is 5.04. The maximum Gasteiger partial charge on any atom is 0.223 e. The molecule has 4 nitrogen and oxygen atoms in total. The lowest BCUT2D eigenvalue weighted by Crippen LogP contribution is -2.58. The summed E-state index contributed by atoms with van der Waals surface area (Å²) in [5, 5.41) is 0. The molecular weight excluding hydrogens is 317 g/mol. The van der Waals surface area contributed by atoms with Crippen LogP contribution in [0.15, 0.2) is 24.3 Å². The van der Waals surface area contributed by atoms with Crippen molar-refractivity contribution in [3.05, 3.63) is 35.6 Å². The van der Waals surface area contributed by atoms with Gasteiger partial charge in [0, 0.05) is 38.1 Å². The zero-order chi connectivity index (χ0) is 18.4. The number of piperazine rings is 1. The van der Waals surface area contributed by atoms with Crippen LogP contribution in [0.3, 0.4) is 0 Å². The number of benzene rings is 1. The second-order valence-electron chi connectivity index (χ2n) is 7.48. The van der Waals surface area contributed by atoms with E-state index in [0.717, 1.165) is 32.6 Å². The van der Waals surface area contributed by atoms with Crippen LogP contribution in [-0.2, 0) is 11.2 Å². The molecule has 0 N–H and O–H groups in total. The molecule has 2 atom stereocenters. The van der Waals surface area contributed by atoms with Gasteiger partial charge >= 0.3 is 0 Å². The molecule has 1 amide bonds. The average Bonchev–Trinajstić information content (AvgIpc) is 2.56. The number of rotatable bonds is 7. The van der Waals surface area contributed by atoms with Crippen molar-refractivity contribution in [3.63, 3.8) is 0 Å². The summed E-state index contributed by atoms with van der Waals surface area (Å²) in [6.07, 6.45) is 1.99. The van der Waals surface area contributed by atoms with Crippen molar-refractivity contribution in [2.24, 2.45) is 0 Å². The lowest BCUT2D eigenvalue weighted by atomic mass is 10.0. The molecule has 0 spiro atoms. The molecule has 0 bridgehead atoms. The smallest absolute Gasteiger partial charge is 0.223 e. The Labute approximate surface area is 151 Å². The van der Waals surface area contributed by atoms with E-state index in [1.165, 1.54) is 6.07 Å². The van der Waals surface area contributed by atoms with Crippen molar-refractivity contribution in [1.29, 1.82) is 0 Å². The first-order valence-corrected chi connectivity index (χ1v) is 9.30. The Morgan fingerprint density at radius 3 is 2.44 bits per heavy atom. The fourth-order valence-corrected chi connectivity index (χ4v) is 3.67. The standard InChI is InChI=1S/C20H32FN3O/c1-16-14-23(15-17(2)24(16)13-7-12-22(3)4)20(25)11-10-18-8-5-6-9-19(18)21/h5-6,8-9,16-17H,7,10-15H2,1-4H3. The SMILES string of the molecule is CC1CN(C(=O)CCc2ccccc2F)CC(C)N1CCCN(C)C. The monoisotopic (exact) mass is 349 g/mol. The first-order chi connectivity index (χ1) is 11.9. The summed E-state index contributed by atoms with van der Waals surface area (Å²) in [6.45, 7) is 8.08. The zero-order valence-corrected chi connectivity index (χ0v) is 16.0. The van der Waals surface area contributed by atoms with Crippen LogP contribution < -0.4 is 0 Å². The van der Waals surface area contributed by atoms with Gasteiger partial charge < -0.3 is 9.80 Å². The summed E-state index contributed by atoms with van der Waals surface area (Å²) < 4.78 is 13.7. The fourth-order valence-electron chi connectivity index (χ4n) is 3.67. The first-order valence-electron chi connectivity index (χ1n) is 9.30. The highest BCUT2D eigenvalue weighted by Crippen LogP contribution is 2.18. The van der Waals surface area contributed by atoms with Crippen molar-refractivity contribution in [2.45, 2.75) is 45.2 Å². The van der Waals surface area contributed by atoms with Gasteiger partial charge in [0.15, 0.2) is 0 Å². The van der Waals surface area contributed by atoms with Gasteiger partial charge in [-0.1, -0.05) is 18.2 Å². The van der Waals surface area contributed by atoms with Crippen LogP contribution in [0.1, 0.15) is 32.3 Å². The van der Waals surface area contributed by atoms with E-state index in [-0.39, 0.29) is 11.7 Å². The topological polar surface area (TPSA) is 26.8 Å². The second-order valence-corrected chi connectivity index (χ2v) is 7.48. The first kappa shape index (κ1) is 19.9. The van der Waals surface area contributed by atoms with Crippen LogP contribution >= 0.6 is 0 Å². The summed E-state index contributed by atoms with van der Waals surface area (Å²) >= 11 is 0. The van der Waals surface area contributed by atoms with Gasteiger partial charge in [0.25, 0.3) is 0 Å². The van der Waals surface area contributed by atoms with Gasteiger partial charge in [-0.05, 0) is 59.0 Å². The van der Waals surface area contributed by atoms with Gasteiger partial charge in [0.05, 0.1) is 0 Å². The Kier molecular flexibility index (Phi) is 7.38. The molecule has 1 fully saturated rings. The van der Waals surface area contributed by atoms with Crippen LogP contribution in [0, 0.1) is 5.82 Å². The molecule has 0 radical (unpaired) electrons. The molecule has 1 saturated heterocycles. The Morgan fingerprint density at radius 1 is 1.20 bits per heavy atom. The van der Waals surface area contributed by atoms with E-state index in [9.17, 15) is 9.18 Å². The largest absolute Gasteiger partial charge is 0.340 e. The van der Waals surface area contributed by atoms with Crippen LogP contribution in [0.2, 0.25) is 0 Å². The minimum absolute atomic E-state index is 0.134. The molecule has 140 valence electrons. The summed E-state index contributed by atoms with van der Waals surface area (Å²) in [6, 6.07) is 7.44. The lowest BCUT2D eigenvalue weighted by molar-refractivity contribution is -0.135. The van der Waals surface area contributed by atoms with Crippen LogP contribution in [-0.4, -0.2) is 73.0 Å². The van der Waals surface area contributed by atoms with E-state index in [1.54, 1.807) is 12.1 Å². The minimum atomic E-state index is -0.220. The molecule has 1 aromatic rings. The fraction of sp³-hybridized carbons (Fsp3) is 0.650. The molecule has 1 heterocycles. The summed E-state index contributed by atoms with van der Waals surface area (Å²) in [4.78, 5) is 19.2. The quantitative estimate of drug-likeness (QED) is 0.757. The summed E-state index contributed by atoms with van der Waals surface area (Å²) in [5.41, 5.74) is 0.624. The van der Waals surface area contributed by atoms with Gasteiger partial charge in [0.2, 0.25) is 5.91 Å². The molecule has 1 aromatic carbocycles. The molecule has 25 heavy (non-hydrogen) atoms. The van der Waals surface area contributed by atoms with Gasteiger partial charge in [-0.3, -0.25) is 9.69 Å². The molecular formula is C20H32FN3O. The van der Waals surface area contributed by atoms with E-state index in [0.29, 0.717) is 30.5 Å². The zero-order valence-electron chi connectivity index (χ0n) is 16.0. The number of hydrogen-bond donors (Lipinski definition) is 0. The van der Waals surface area contributed by atoms with Crippen LogP contribution in [0.5, 0.6) is 0 Å². The van der Waals surface area contributed by atoms with E-state index < -0.39 is 0 Å². The number of amides is 1. The Balaban J connectivity index is 1.83. The van der Waals surface area contributed by atoms with Crippen molar-refractivity contribution >= 4 is 5.91 Å².